The molecule has 0 aliphatic carbocycles. The first kappa shape index (κ1) is 14.0. The van der Waals surface area contributed by atoms with Crippen LogP contribution in [0.15, 0.2) is 24.3 Å². The second-order valence-electron chi connectivity index (χ2n) is 5.04. The third kappa shape index (κ3) is 3.30. The zero-order chi connectivity index (χ0) is 13.8. The molecule has 1 aromatic carbocycles. The van der Waals surface area contributed by atoms with Crippen molar-refractivity contribution < 1.29 is 9.66 Å². The van der Waals surface area contributed by atoms with Crippen molar-refractivity contribution in [3.8, 4) is 0 Å². The quantitative estimate of drug-likeness (QED) is 0.606. The van der Waals surface area contributed by atoms with Gasteiger partial charge in [-0.15, -0.1) is 0 Å². The maximum atomic E-state index is 10.6. The van der Waals surface area contributed by atoms with E-state index in [4.69, 9.17) is 4.74 Å². The molecule has 0 spiro atoms. The Bertz CT molecular complexity index is 433. The zero-order valence-corrected chi connectivity index (χ0v) is 11.4. The van der Waals surface area contributed by atoms with Gasteiger partial charge in [0.15, 0.2) is 0 Å². The predicted molar refractivity (Wildman–Crippen MR) is 73.0 cm³/mol. The predicted octanol–water partition coefficient (Wildman–Crippen LogP) is 2.59. The van der Waals surface area contributed by atoms with E-state index < -0.39 is 0 Å². The molecule has 0 bridgehead atoms. The Morgan fingerprint density at radius 1 is 1.47 bits per heavy atom. The van der Waals surface area contributed by atoms with E-state index >= 15 is 0 Å². The van der Waals surface area contributed by atoms with Gasteiger partial charge < -0.3 is 4.74 Å². The summed E-state index contributed by atoms with van der Waals surface area (Å²) < 4.78 is 5.42. The summed E-state index contributed by atoms with van der Waals surface area (Å²) in [6.45, 7) is 3.99. The van der Waals surface area contributed by atoms with Crippen LogP contribution in [0.4, 0.5) is 5.69 Å². The minimum absolute atomic E-state index is 0.145. The van der Waals surface area contributed by atoms with Crippen LogP contribution in [0.2, 0.25) is 0 Å². The Kier molecular flexibility index (Phi) is 4.50. The molecule has 1 saturated heterocycles. The van der Waals surface area contributed by atoms with E-state index in [0.717, 1.165) is 25.1 Å². The lowest BCUT2D eigenvalue weighted by Gasteiger charge is -2.28. The number of benzene rings is 1. The molecule has 2 unspecified atom stereocenters. The largest absolute Gasteiger partial charge is 0.380 e. The normalized spacial score (nSPS) is 21.5. The molecule has 104 valence electrons. The number of rotatable bonds is 5. The van der Waals surface area contributed by atoms with Crippen LogP contribution in [0.1, 0.15) is 25.3 Å². The summed E-state index contributed by atoms with van der Waals surface area (Å²) in [6.07, 6.45) is 2.56. The molecule has 1 aliphatic rings. The maximum absolute atomic E-state index is 10.6. The zero-order valence-electron chi connectivity index (χ0n) is 11.4. The summed E-state index contributed by atoms with van der Waals surface area (Å²) in [5.41, 5.74) is 1.26. The molecule has 0 saturated carbocycles. The molecule has 1 fully saturated rings. The summed E-state index contributed by atoms with van der Waals surface area (Å²) in [5, 5.41) is 10.6. The molecule has 0 radical (unpaired) electrons. The molecule has 5 heteroatoms. The average Bonchev–Trinajstić information content (AvgIpc) is 2.86. The standard InChI is InChI=1S/C14H20N2O3/c1-11(19-2)14-4-3-9-15(14)10-12-5-7-13(8-6-12)16(17)18/h5-8,11,14H,3-4,9-10H2,1-2H3. The summed E-state index contributed by atoms with van der Waals surface area (Å²) in [4.78, 5) is 12.6. The van der Waals surface area contributed by atoms with Crippen LogP contribution >= 0.6 is 0 Å². The Morgan fingerprint density at radius 3 is 2.74 bits per heavy atom. The molecule has 1 heterocycles. The van der Waals surface area contributed by atoms with E-state index in [1.165, 1.54) is 6.42 Å². The monoisotopic (exact) mass is 264 g/mol. The van der Waals surface area contributed by atoms with Gasteiger partial charge in [0.25, 0.3) is 5.69 Å². The topological polar surface area (TPSA) is 55.6 Å². The van der Waals surface area contributed by atoms with E-state index in [0.29, 0.717) is 6.04 Å². The number of nitro groups is 1. The lowest BCUT2D eigenvalue weighted by Crippen LogP contribution is -2.37. The van der Waals surface area contributed by atoms with Gasteiger partial charge in [0.2, 0.25) is 0 Å². The van der Waals surface area contributed by atoms with E-state index in [1.54, 1.807) is 19.2 Å². The number of likely N-dealkylation sites (tertiary alicyclic amines) is 1. The summed E-state index contributed by atoms with van der Waals surface area (Å²) in [7, 11) is 1.74. The van der Waals surface area contributed by atoms with Crippen molar-refractivity contribution in [3.05, 3.63) is 39.9 Å². The fourth-order valence-corrected chi connectivity index (χ4v) is 2.69. The first-order chi connectivity index (χ1) is 9.11. The number of nitro benzene ring substituents is 1. The Labute approximate surface area is 113 Å². The van der Waals surface area contributed by atoms with Crippen LogP contribution < -0.4 is 0 Å². The minimum atomic E-state index is -0.366. The molecule has 0 aromatic heterocycles. The lowest BCUT2D eigenvalue weighted by atomic mass is 10.1. The second-order valence-corrected chi connectivity index (χ2v) is 5.04. The van der Waals surface area contributed by atoms with Gasteiger partial charge in [-0.1, -0.05) is 12.1 Å². The molecule has 1 aromatic rings. The highest BCUT2D eigenvalue weighted by Gasteiger charge is 2.29. The number of hydrogen-bond acceptors (Lipinski definition) is 4. The third-order valence-electron chi connectivity index (χ3n) is 3.86. The van der Waals surface area contributed by atoms with Crippen molar-refractivity contribution in [1.29, 1.82) is 0 Å². The van der Waals surface area contributed by atoms with Gasteiger partial charge in [0, 0.05) is 31.8 Å². The van der Waals surface area contributed by atoms with Crippen LogP contribution in [-0.2, 0) is 11.3 Å². The van der Waals surface area contributed by atoms with E-state index in [-0.39, 0.29) is 16.7 Å². The highest BCUT2D eigenvalue weighted by Crippen LogP contribution is 2.24. The first-order valence-corrected chi connectivity index (χ1v) is 6.62. The van der Waals surface area contributed by atoms with E-state index in [2.05, 4.69) is 11.8 Å². The number of hydrogen-bond donors (Lipinski definition) is 0. The summed E-state index contributed by atoms with van der Waals surface area (Å²) in [5.74, 6) is 0. The van der Waals surface area contributed by atoms with Gasteiger partial charge in [-0.3, -0.25) is 15.0 Å². The van der Waals surface area contributed by atoms with Gasteiger partial charge in [0.05, 0.1) is 11.0 Å². The van der Waals surface area contributed by atoms with Crippen molar-refractivity contribution in [2.75, 3.05) is 13.7 Å². The molecule has 2 rings (SSSR count). The highest BCUT2D eigenvalue weighted by molar-refractivity contribution is 5.32. The van der Waals surface area contributed by atoms with Crippen molar-refractivity contribution in [3.63, 3.8) is 0 Å². The van der Waals surface area contributed by atoms with Gasteiger partial charge in [-0.05, 0) is 31.9 Å². The molecule has 2 atom stereocenters. The van der Waals surface area contributed by atoms with Gasteiger partial charge in [-0.2, -0.15) is 0 Å². The SMILES string of the molecule is COC(C)C1CCCN1Cc1ccc([N+](=O)[O-])cc1. The van der Waals surface area contributed by atoms with Crippen molar-refractivity contribution in [2.45, 2.75) is 38.5 Å². The number of ether oxygens (including phenoxy) is 1. The van der Waals surface area contributed by atoms with Crippen LogP contribution in [0, 0.1) is 10.1 Å². The van der Waals surface area contributed by atoms with Crippen LogP contribution in [0.25, 0.3) is 0 Å². The first-order valence-electron chi connectivity index (χ1n) is 6.62. The van der Waals surface area contributed by atoms with Crippen molar-refractivity contribution >= 4 is 5.69 Å². The molecular formula is C14H20N2O3. The Hall–Kier alpha value is -1.46. The number of nitrogens with zero attached hydrogens (tertiary/aromatic N) is 2. The van der Waals surface area contributed by atoms with Gasteiger partial charge in [-0.25, -0.2) is 0 Å². The molecular weight excluding hydrogens is 244 g/mol. The van der Waals surface area contributed by atoms with E-state index in [9.17, 15) is 10.1 Å². The third-order valence-corrected chi connectivity index (χ3v) is 3.86. The second kappa shape index (κ2) is 6.12. The molecule has 5 nitrogen and oxygen atoms in total. The summed E-state index contributed by atoms with van der Waals surface area (Å²) in [6, 6.07) is 7.26. The smallest absolute Gasteiger partial charge is 0.269 e. The molecule has 19 heavy (non-hydrogen) atoms. The number of methoxy groups -OCH3 is 1. The fraction of sp³-hybridized carbons (Fsp3) is 0.571. The van der Waals surface area contributed by atoms with Gasteiger partial charge in [0.1, 0.15) is 0 Å². The van der Waals surface area contributed by atoms with Crippen molar-refractivity contribution in [2.24, 2.45) is 0 Å². The molecule has 0 amide bonds. The fourth-order valence-electron chi connectivity index (χ4n) is 2.69. The van der Waals surface area contributed by atoms with Crippen LogP contribution in [-0.4, -0.2) is 35.6 Å². The molecule has 1 aliphatic heterocycles. The average molecular weight is 264 g/mol. The Balaban J connectivity index is 2.02. The summed E-state index contributed by atoms with van der Waals surface area (Å²) >= 11 is 0. The van der Waals surface area contributed by atoms with Crippen molar-refractivity contribution in [1.82, 2.24) is 4.90 Å². The van der Waals surface area contributed by atoms with Gasteiger partial charge >= 0.3 is 0 Å². The van der Waals surface area contributed by atoms with Crippen LogP contribution in [0.5, 0.6) is 0 Å². The maximum Gasteiger partial charge on any atom is 0.269 e. The highest BCUT2D eigenvalue weighted by atomic mass is 16.6. The number of non-ortho nitro benzene ring substituents is 1. The minimum Gasteiger partial charge on any atom is -0.380 e. The Morgan fingerprint density at radius 2 is 2.16 bits per heavy atom. The lowest BCUT2D eigenvalue weighted by molar-refractivity contribution is -0.384. The molecule has 0 N–H and O–H groups in total. The van der Waals surface area contributed by atoms with Crippen LogP contribution in [0.3, 0.4) is 0 Å². The van der Waals surface area contributed by atoms with E-state index in [1.807, 2.05) is 12.1 Å².